The van der Waals surface area contributed by atoms with E-state index < -0.39 is 0 Å². The molecule has 0 aliphatic heterocycles. The van der Waals surface area contributed by atoms with Crippen LogP contribution in [0.5, 0.6) is 0 Å². The Balaban J connectivity index is 1.96. The first-order valence-corrected chi connectivity index (χ1v) is 7.43. The van der Waals surface area contributed by atoms with E-state index in [1.165, 1.54) is 6.92 Å². The average Bonchev–Trinajstić information content (AvgIpc) is 2.88. The Morgan fingerprint density at radius 1 is 1.22 bits per heavy atom. The van der Waals surface area contributed by atoms with Gasteiger partial charge in [-0.15, -0.1) is 10.2 Å². The number of nitrogens with zero attached hydrogens (tertiary/aromatic N) is 4. The maximum absolute atomic E-state index is 11.0. The molecule has 1 heterocycles. The van der Waals surface area contributed by atoms with Crippen LogP contribution in [0.4, 0.5) is 5.69 Å². The predicted octanol–water partition coefficient (Wildman–Crippen LogP) is 2.28. The number of amides is 1. The molecule has 7 heteroatoms. The molecule has 1 aromatic heterocycles. The van der Waals surface area contributed by atoms with Crippen molar-refractivity contribution in [1.29, 1.82) is 0 Å². The maximum Gasteiger partial charge on any atom is 0.221 e. The zero-order chi connectivity index (χ0) is 16.8. The molecule has 0 unspecified atom stereocenters. The van der Waals surface area contributed by atoms with Gasteiger partial charge >= 0.3 is 0 Å². The molecule has 122 valence electrons. The Bertz CT molecular complexity index is 704. The van der Waals surface area contributed by atoms with Crippen molar-refractivity contribution in [2.45, 2.75) is 33.8 Å². The first-order valence-electron chi connectivity index (χ1n) is 7.43. The van der Waals surface area contributed by atoms with Gasteiger partial charge in [0.2, 0.25) is 5.91 Å². The Morgan fingerprint density at radius 3 is 2.43 bits per heavy atom. The van der Waals surface area contributed by atoms with Gasteiger partial charge in [0.15, 0.2) is 12.4 Å². The van der Waals surface area contributed by atoms with Crippen LogP contribution in [0.15, 0.2) is 29.4 Å². The molecule has 0 bridgehead atoms. The van der Waals surface area contributed by atoms with Crippen LogP contribution in [0, 0.1) is 0 Å². The summed E-state index contributed by atoms with van der Waals surface area (Å²) in [4.78, 5) is 16.4. The molecule has 2 aromatic rings. The fourth-order valence-electron chi connectivity index (χ4n) is 2.07. The van der Waals surface area contributed by atoms with E-state index in [9.17, 15) is 4.79 Å². The molecule has 23 heavy (non-hydrogen) atoms. The normalized spacial score (nSPS) is 11.4. The molecule has 0 saturated carbocycles. The van der Waals surface area contributed by atoms with Crippen LogP contribution in [-0.4, -0.2) is 26.4 Å². The highest BCUT2D eigenvalue weighted by molar-refractivity contribution is 5.99. The molecule has 0 aliphatic rings. The quantitative estimate of drug-likeness (QED) is 0.655. The summed E-state index contributed by atoms with van der Waals surface area (Å²) in [6.07, 6.45) is 0.826. The number of oxime groups is 1. The van der Waals surface area contributed by atoms with Gasteiger partial charge in [-0.25, -0.2) is 0 Å². The van der Waals surface area contributed by atoms with Crippen molar-refractivity contribution in [3.05, 3.63) is 41.5 Å². The van der Waals surface area contributed by atoms with E-state index in [1.807, 2.05) is 49.7 Å². The Kier molecular flexibility index (Phi) is 5.46. The SMILES string of the molecule is CCc1nnc(CON=C(C)c2ccc(NC(C)=O)cc2)n1C. The van der Waals surface area contributed by atoms with E-state index in [1.54, 1.807) is 0 Å². The van der Waals surface area contributed by atoms with Crippen LogP contribution in [0.3, 0.4) is 0 Å². The van der Waals surface area contributed by atoms with E-state index in [4.69, 9.17) is 4.84 Å². The van der Waals surface area contributed by atoms with Crippen molar-refractivity contribution < 1.29 is 9.63 Å². The number of benzene rings is 1. The average molecular weight is 315 g/mol. The number of aryl methyl sites for hydroxylation is 1. The van der Waals surface area contributed by atoms with E-state index in [-0.39, 0.29) is 12.5 Å². The van der Waals surface area contributed by atoms with Crippen molar-refractivity contribution in [2.75, 3.05) is 5.32 Å². The molecule has 2 rings (SSSR count). The van der Waals surface area contributed by atoms with Crippen LogP contribution in [0.1, 0.15) is 38.0 Å². The Morgan fingerprint density at radius 2 is 1.87 bits per heavy atom. The van der Waals surface area contributed by atoms with E-state index in [0.717, 1.165) is 35.0 Å². The fourth-order valence-corrected chi connectivity index (χ4v) is 2.07. The van der Waals surface area contributed by atoms with Gasteiger partial charge < -0.3 is 14.7 Å². The van der Waals surface area contributed by atoms with Crippen LogP contribution in [-0.2, 0) is 29.7 Å². The first-order chi connectivity index (χ1) is 11.0. The van der Waals surface area contributed by atoms with Gasteiger partial charge in [0.05, 0.1) is 5.71 Å². The summed E-state index contributed by atoms with van der Waals surface area (Å²) >= 11 is 0. The summed E-state index contributed by atoms with van der Waals surface area (Å²) in [5.74, 6) is 1.55. The van der Waals surface area contributed by atoms with Crippen molar-refractivity contribution in [2.24, 2.45) is 12.2 Å². The summed E-state index contributed by atoms with van der Waals surface area (Å²) in [6, 6.07) is 7.41. The van der Waals surface area contributed by atoms with Crippen molar-refractivity contribution in [3.63, 3.8) is 0 Å². The van der Waals surface area contributed by atoms with E-state index >= 15 is 0 Å². The third-order valence-electron chi connectivity index (χ3n) is 3.39. The summed E-state index contributed by atoms with van der Waals surface area (Å²) in [7, 11) is 1.91. The van der Waals surface area contributed by atoms with Gasteiger partial charge in [-0.3, -0.25) is 4.79 Å². The molecule has 0 aliphatic carbocycles. The van der Waals surface area contributed by atoms with E-state index in [0.29, 0.717) is 0 Å². The molecule has 7 nitrogen and oxygen atoms in total. The summed E-state index contributed by atoms with van der Waals surface area (Å²) in [6.45, 7) is 5.64. The number of carbonyl (C=O) groups is 1. The van der Waals surface area contributed by atoms with Gasteiger partial charge in [-0.05, 0) is 24.6 Å². The van der Waals surface area contributed by atoms with Crippen LogP contribution in [0.25, 0.3) is 0 Å². The lowest BCUT2D eigenvalue weighted by atomic mass is 10.1. The monoisotopic (exact) mass is 315 g/mol. The zero-order valence-corrected chi connectivity index (χ0v) is 13.8. The second-order valence-corrected chi connectivity index (χ2v) is 5.15. The highest BCUT2D eigenvalue weighted by Gasteiger charge is 2.07. The molecule has 1 aromatic carbocycles. The number of hydrogen-bond acceptors (Lipinski definition) is 5. The number of aromatic nitrogens is 3. The van der Waals surface area contributed by atoms with Crippen molar-refractivity contribution >= 4 is 17.3 Å². The smallest absolute Gasteiger partial charge is 0.221 e. The third kappa shape index (κ3) is 4.38. The molecule has 0 radical (unpaired) electrons. The fraction of sp³-hybridized carbons (Fsp3) is 0.375. The number of anilines is 1. The standard InChI is InChI=1S/C16H21N5O2/c1-5-15-18-19-16(21(15)4)10-23-20-11(2)13-6-8-14(9-7-13)17-12(3)22/h6-9H,5,10H2,1-4H3,(H,17,22). The zero-order valence-electron chi connectivity index (χ0n) is 13.8. The Hall–Kier alpha value is -2.70. The highest BCUT2D eigenvalue weighted by Crippen LogP contribution is 2.11. The summed E-state index contributed by atoms with van der Waals surface area (Å²) < 4.78 is 1.91. The van der Waals surface area contributed by atoms with Crippen LogP contribution >= 0.6 is 0 Å². The van der Waals surface area contributed by atoms with Crippen molar-refractivity contribution in [3.8, 4) is 0 Å². The number of hydrogen-bond donors (Lipinski definition) is 1. The summed E-state index contributed by atoms with van der Waals surface area (Å²) in [5, 5.41) is 15.0. The topological polar surface area (TPSA) is 81.4 Å². The molecular formula is C16H21N5O2. The number of nitrogens with one attached hydrogen (secondary N) is 1. The van der Waals surface area contributed by atoms with Gasteiger partial charge in [0, 0.05) is 26.1 Å². The minimum absolute atomic E-state index is 0.0957. The maximum atomic E-state index is 11.0. The predicted molar refractivity (Wildman–Crippen MR) is 88.1 cm³/mol. The summed E-state index contributed by atoms with van der Waals surface area (Å²) in [5.41, 5.74) is 2.42. The molecular weight excluding hydrogens is 294 g/mol. The molecule has 0 atom stereocenters. The molecule has 1 amide bonds. The highest BCUT2D eigenvalue weighted by atomic mass is 16.6. The lowest BCUT2D eigenvalue weighted by Crippen LogP contribution is -2.06. The minimum Gasteiger partial charge on any atom is -0.387 e. The number of carbonyl (C=O) groups excluding carboxylic acids is 1. The second kappa shape index (κ2) is 7.53. The van der Waals surface area contributed by atoms with Gasteiger partial charge in [-0.1, -0.05) is 24.2 Å². The van der Waals surface area contributed by atoms with Gasteiger partial charge in [0.25, 0.3) is 0 Å². The minimum atomic E-state index is -0.0957. The van der Waals surface area contributed by atoms with Crippen molar-refractivity contribution in [1.82, 2.24) is 14.8 Å². The van der Waals surface area contributed by atoms with Gasteiger partial charge in [-0.2, -0.15) is 0 Å². The van der Waals surface area contributed by atoms with Gasteiger partial charge in [0.1, 0.15) is 5.82 Å². The lowest BCUT2D eigenvalue weighted by molar-refractivity contribution is -0.114. The van der Waals surface area contributed by atoms with Crippen LogP contribution < -0.4 is 5.32 Å². The second-order valence-electron chi connectivity index (χ2n) is 5.15. The van der Waals surface area contributed by atoms with E-state index in [2.05, 4.69) is 20.7 Å². The molecule has 0 fully saturated rings. The molecule has 1 N–H and O–H groups in total. The first kappa shape index (κ1) is 16.7. The Labute approximate surface area is 135 Å². The largest absolute Gasteiger partial charge is 0.387 e. The van der Waals surface area contributed by atoms with Crippen LogP contribution in [0.2, 0.25) is 0 Å². The molecule has 0 saturated heterocycles. The number of rotatable bonds is 6. The molecule has 0 spiro atoms. The third-order valence-corrected chi connectivity index (χ3v) is 3.39. The lowest BCUT2D eigenvalue weighted by Gasteiger charge is -2.05.